The molecule has 3 amide bonds. The summed E-state index contributed by atoms with van der Waals surface area (Å²) >= 11 is 0. The molecule has 5 rings (SSSR count). The molecule has 1 unspecified atom stereocenters. The van der Waals surface area contributed by atoms with E-state index in [4.69, 9.17) is 8.83 Å². The highest BCUT2D eigenvalue weighted by atomic mass is 16.4. The number of carbonyl (C=O) groups is 2. The smallest absolute Gasteiger partial charge is 0.325 e. The number of aromatic nitrogens is 2. The lowest BCUT2D eigenvalue weighted by atomic mass is 9.99. The summed E-state index contributed by atoms with van der Waals surface area (Å²) in [6, 6.07) is 16.3. The van der Waals surface area contributed by atoms with Crippen LogP contribution in [0, 0.1) is 6.92 Å². The Bertz CT molecular complexity index is 1240. The number of hydrogen-bond donors (Lipinski definition) is 1. The van der Waals surface area contributed by atoms with Crippen molar-refractivity contribution in [2.45, 2.75) is 25.9 Å². The number of carbonyl (C=O) groups excluding carboxylic acids is 2. The van der Waals surface area contributed by atoms with Crippen LogP contribution in [0.4, 0.5) is 4.79 Å². The quantitative estimate of drug-likeness (QED) is 0.522. The van der Waals surface area contributed by atoms with Crippen LogP contribution in [0.2, 0.25) is 0 Å². The molecule has 8 heteroatoms. The maximum atomic E-state index is 13.1. The number of amides is 3. The van der Waals surface area contributed by atoms with Crippen molar-refractivity contribution in [3.05, 3.63) is 71.8 Å². The maximum Gasteiger partial charge on any atom is 0.325 e. The van der Waals surface area contributed by atoms with E-state index in [0.29, 0.717) is 17.2 Å². The molecule has 4 aromatic rings. The Morgan fingerprint density at radius 1 is 1.03 bits per heavy atom. The van der Waals surface area contributed by atoms with E-state index in [1.165, 1.54) is 0 Å². The third kappa shape index (κ3) is 2.85. The summed E-state index contributed by atoms with van der Waals surface area (Å²) in [5, 5.41) is 11.6. The second-order valence-electron chi connectivity index (χ2n) is 7.46. The van der Waals surface area contributed by atoms with E-state index in [-0.39, 0.29) is 12.4 Å². The SMILES string of the molecule is Cc1ccc(-c2nnc(CN3C(=O)NC(C)(c4cc5ccccc5o4)C3=O)o2)cc1. The summed E-state index contributed by atoms with van der Waals surface area (Å²) in [5.74, 6) is 0.428. The topological polar surface area (TPSA) is 101 Å². The van der Waals surface area contributed by atoms with Crippen LogP contribution in [0.5, 0.6) is 0 Å². The van der Waals surface area contributed by atoms with Crippen molar-refractivity contribution in [1.29, 1.82) is 0 Å². The van der Waals surface area contributed by atoms with E-state index in [0.717, 1.165) is 21.4 Å². The number of imide groups is 1. The third-order valence-corrected chi connectivity index (χ3v) is 5.25. The molecule has 0 saturated carbocycles. The van der Waals surface area contributed by atoms with Gasteiger partial charge in [0, 0.05) is 10.9 Å². The Morgan fingerprint density at radius 3 is 2.57 bits per heavy atom. The van der Waals surface area contributed by atoms with Crippen molar-refractivity contribution in [2.75, 3.05) is 0 Å². The second kappa shape index (κ2) is 6.55. The number of furan rings is 1. The molecule has 0 aliphatic carbocycles. The Kier molecular flexibility index (Phi) is 3.95. The average Bonchev–Trinajstić information content (AvgIpc) is 3.43. The van der Waals surface area contributed by atoms with Gasteiger partial charge in [0.25, 0.3) is 5.91 Å². The van der Waals surface area contributed by atoms with Crippen LogP contribution >= 0.6 is 0 Å². The van der Waals surface area contributed by atoms with Gasteiger partial charge in [0.15, 0.2) is 5.54 Å². The number of rotatable bonds is 4. The van der Waals surface area contributed by atoms with Crippen molar-refractivity contribution < 1.29 is 18.4 Å². The molecule has 0 spiro atoms. The molecule has 1 N–H and O–H groups in total. The van der Waals surface area contributed by atoms with Gasteiger partial charge in [-0.3, -0.25) is 9.69 Å². The summed E-state index contributed by atoms with van der Waals surface area (Å²) in [6.07, 6.45) is 0. The van der Waals surface area contributed by atoms with E-state index < -0.39 is 17.5 Å². The predicted octanol–water partition coefficient (Wildman–Crippen LogP) is 3.76. The molecule has 1 aliphatic heterocycles. The zero-order chi connectivity index (χ0) is 20.9. The van der Waals surface area contributed by atoms with Gasteiger partial charge in [-0.05, 0) is 38.1 Å². The monoisotopic (exact) mass is 402 g/mol. The number of nitrogens with one attached hydrogen (secondary N) is 1. The second-order valence-corrected chi connectivity index (χ2v) is 7.46. The van der Waals surface area contributed by atoms with Crippen LogP contribution in [0.3, 0.4) is 0 Å². The lowest BCUT2D eigenvalue weighted by Gasteiger charge is -2.18. The molecule has 1 aliphatic rings. The molecule has 1 fully saturated rings. The number of aryl methyl sites for hydroxylation is 1. The molecular formula is C22H18N4O4. The first-order valence-electron chi connectivity index (χ1n) is 9.47. The van der Waals surface area contributed by atoms with Crippen LogP contribution in [-0.4, -0.2) is 27.0 Å². The van der Waals surface area contributed by atoms with Gasteiger partial charge in [-0.2, -0.15) is 0 Å². The van der Waals surface area contributed by atoms with Gasteiger partial charge in [-0.1, -0.05) is 35.9 Å². The number of para-hydroxylation sites is 1. The molecule has 0 bridgehead atoms. The van der Waals surface area contributed by atoms with Crippen LogP contribution in [0.15, 0.2) is 63.4 Å². The minimum atomic E-state index is -1.31. The number of urea groups is 1. The highest BCUT2D eigenvalue weighted by Crippen LogP contribution is 2.33. The molecule has 2 aromatic carbocycles. The van der Waals surface area contributed by atoms with Gasteiger partial charge >= 0.3 is 6.03 Å². The largest absolute Gasteiger partial charge is 0.458 e. The molecule has 0 radical (unpaired) electrons. The van der Waals surface area contributed by atoms with Crippen molar-refractivity contribution in [3.63, 3.8) is 0 Å². The Morgan fingerprint density at radius 2 is 1.80 bits per heavy atom. The summed E-state index contributed by atoms with van der Waals surface area (Å²) in [4.78, 5) is 26.8. The fourth-order valence-corrected chi connectivity index (χ4v) is 3.50. The van der Waals surface area contributed by atoms with Gasteiger partial charge in [0.05, 0.1) is 0 Å². The van der Waals surface area contributed by atoms with Gasteiger partial charge in [-0.25, -0.2) is 4.79 Å². The first kappa shape index (κ1) is 18.1. The molecular weight excluding hydrogens is 384 g/mol. The van der Waals surface area contributed by atoms with Gasteiger partial charge in [0.1, 0.15) is 17.9 Å². The Balaban J connectivity index is 1.40. The van der Waals surface area contributed by atoms with E-state index in [1.807, 2.05) is 55.5 Å². The van der Waals surface area contributed by atoms with Crippen molar-refractivity contribution in [1.82, 2.24) is 20.4 Å². The summed E-state index contributed by atoms with van der Waals surface area (Å²) in [5.41, 5.74) is 1.22. The normalized spacial score (nSPS) is 18.9. The molecule has 3 heterocycles. The molecule has 2 aromatic heterocycles. The van der Waals surface area contributed by atoms with Crippen LogP contribution in [0.25, 0.3) is 22.4 Å². The van der Waals surface area contributed by atoms with E-state index >= 15 is 0 Å². The minimum Gasteiger partial charge on any atom is -0.458 e. The predicted molar refractivity (Wildman–Crippen MR) is 107 cm³/mol. The molecule has 1 saturated heterocycles. The van der Waals surface area contributed by atoms with Crippen LogP contribution < -0.4 is 5.32 Å². The zero-order valence-corrected chi connectivity index (χ0v) is 16.4. The highest BCUT2D eigenvalue weighted by Gasteiger charge is 2.51. The number of nitrogens with zero attached hydrogens (tertiary/aromatic N) is 3. The van der Waals surface area contributed by atoms with Gasteiger partial charge in [-0.15, -0.1) is 10.2 Å². The number of benzene rings is 2. The standard InChI is InChI=1S/C22H18N4O4/c1-13-7-9-14(10-8-13)19-25-24-18(30-19)12-26-20(27)22(2,23-21(26)28)17-11-15-5-3-4-6-16(15)29-17/h3-11H,12H2,1-2H3,(H,23,28). The van der Waals surface area contributed by atoms with Crippen molar-refractivity contribution in [2.24, 2.45) is 0 Å². The third-order valence-electron chi connectivity index (χ3n) is 5.25. The molecule has 30 heavy (non-hydrogen) atoms. The lowest BCUT2D eigenvalue weighted by molar-refractivity contribution is -0.132. The molecule has 8 nitrogen and oxygen atoms in total. The zero-order valence-electron chi connectivity index (χ0n) is 16.4. The van der Waals surface area contributed by atoms with E-state index in [9.17, 15) is 9.59 Å². The lowest BCUT2D eigenvalue weighted by Crippen LogP contribution is -2.40. The van der Waals surface area contributed by atoms with Crippen molar-refractivity contribution in [3.8, 4) is 11.5 Å². The van der Waals surface area contributed by atoms with Crippen molar-refractivity contribution >= 4 is 22.9 Å². The summed E-state index contributed by atoms with van der Waals surface area (Å²) < 4.78 is 11.5. The highest BCUT2D eigenvalue weighted by molar-refractivity contribution is 6.07. The Labute approximate surface area is 171 Å². The first-order chi connectivity index (χ1) is 14.4. The van der Waals surface area contributed by atoms with E-state index in [2.05, 4.69) is 15.5 Å². The molecule has 150 valence electrons. The van der Waals surface area contributed by atoms with Gasteiger partial charge < -0.3 is 14.2 Å². The fourth-order valence-electron chi connectivity index (χ4n) is 3.50. The summed E-state index contributed by atoms with van der Waals surface area (Å²) in [7, 11) is 0. The van der Waals surface area contributed by atoms with E-state index in [1.54, 1.807) is 13.0 Å². The Hall–Kier alpha value is -3.94. The van der Waals surface area contributed by atoms with Crippen LogP contribution in [-0.2, 0) is 16.9 Å². The first-order valence-corrected chi connectivity index (χ1v) is 9.47. The number of hydrogen-bond acceptors (Lipinski definition) is 6. The van der Waals surface area contributed by atoms with Gasteiger partial charge in [0.2, 0.25) is 11.8 Å². The fraction of sp³-hybridized carbons (Fsp3) is 0.182. The average molecular weight is 402 g/mol. The maximum absolute atomic E-state index is 13.1. The summed E-state index contributed by atoms with van der Waals surface area (Å²) in [6.45, 7) is 3.48. The number of fused-ring (bicyclic) bond motifs is 1. The molecule has 1 atom stereocenters. The minimum absolute atomic E-state index is 0.126. The van der Waals surface area contributed by atoms with Crippen LogP contribution in [0.1, 0.15) is 24.1 Å².